The molecule has 1 N–H and O–H groups in total. The van der Waals surface area contributed by atoms with Gasteiger partial charge in [0, 0.05) is 17.7 Å². The third-order valence-corrected chi connectivity index (χ3v) is 6.55. The third kappa shape index (κ3) is 4.22. The van der Waals surface area contributed by atoms with Crippen molar-refractivity contribution < 1.29 is 0 Å². The van der Waals surface area contributed by atoms with E-state index in [1.165, 1.54) is 60.2 Å². The van der Waals surface area contributed by atoms with E-state index in [0.717, 1.165) is 12.3 Å². The second-order valence-corrected chi connectivity index (χ2v) is 8.30. The SMILES string of the molecule is SCc1ccccc1N1C=C(C2CCCCC2)CN(c2ccccc2CS)N1. The van der Waals surface area contributed by atoms with Crippen molar-refractivity contribution in [2.45, 2.75) is 43.6 Å². The monoisotopic (exact) mass is 411 g/mol. The molecule has 2 aromatic rings. The molecule has 0 bridgehead atoms. The van der Waals surface area contributed by atoms with Crippen LogP contribution in [0.25, 0.3) is 0 Å². The van der Waals surface area contributed by atoms with Crippen molar-refractivity contribution >= 4 is 36.6 Å². The summed E-state index contributed by atoms with van der Waals surface area (Å²) in [6.45, 7) is 0.912. The Hall–Kier alpha value is -1.56. The van der Waals surface area contributed by atoms with Crippen LogP contribution in [0, 0.1) is 5.92 Å². The number of thiol groups is 2. The molecular weight excluding hydrogens is 382 g/mol. The first-order chi connectivity index (χ1) is 13.8. The average molecular weight is 412 g/mol. The van der Waals surface area contributed by atoms with Crippen LogP contribution >= 0.6 is 25.3 Å². The van der Waals surface area contributed by atoms with Crippen LogP contribution in [0.5, 0.6) is 0 Å². The summed E-state index contributed by atoms with van der Waals surface area (Å²) >= 11 is 9.10. The van der Waals surface area contributed by atoms with Crippen molar-refractivity contribution in [2.24, 2.45) is 5.92 Å². The molecule has 1 aliphatic heterocycles. The Bertz CT molecular complexity index is 830. The van der Waals surface area contributed by atoms with Gasteiger partial charge in [0.1, 0.15) is 0 Å². The lowest BCUT2D eigenvalue weighted by atomic mass is 9.83. The van der Waals surface area contributed by atoms with E-state index in [9.17, 15) is 0 Å². The lowest BCUT2D eigenvalue weighted by Crippen LogP contribution is -2.53. The van der Waals surface area contributed by atoms with Crippen molar-refractivity contribution in [1.82, 2.24) is 5.53 Å². The highest BCUT2D eigenvalue weighted by Gasteiger charge is 2.27. The number of nitrogens with one attached hydrogen (secondary N) is 1. The van der Waals surface area contributed by atoms with Gasteiger partial charge in [-0.2, -0.15) is 25.3 Å². The number of nitrogens with zero attached hydrogens (tertiary/aromatic N) is 2. The Morgan fingerprint density at radius 1 is 0.821 bits per heavy atom. The van der Waals surface area contributed by atoms with Crippen molar-refractivity contribution in [1.29, 1.82) is 0 Å². The fraction of sp³-hybridized carbons (Fsp3) is 0.391. The van der Waals surface area contributed by atoms with Gasteiger partial charge in [-0.15, -0.1) is 5.53 Å². The maximum atomic E-state index is 4.55. The molecule has 0 saturated heterocycles. The predicted molar refractivity (Wildman–Crippen MR) is 126 cm³/mol. The van der Waals surface area contributed by atoms with Crippen LogP contribution in [0.1, 0.15) is 43.2 Å². The molecule has 0 amide bonds. The molecule has 2 aliphatic rings. The fourth-order valence-corrected chi connectivity index (χ4v) is 4.88. The summed E-state index contributed by atoms with van der Waals surface area (Å²) in [4.78, 5) is 0. The molecule has 148 valence electrons. The summed E-state index contributed by atoms with van der Waals surface area (Å²) in [6.07, 6.45) is 9.00. The van der Waals surface area contributed by atoms with E-state index in [-0.39, 0.29) is 0 Å². The van der Waals surface area contributed by atoms with E-state index < -0.39 is 0 Å². The van der Waals surface area contributed by atoms with Crippen molar-refractivity contribution in [3.05, 3.63) is 71.4 Å². The second-order valence-electron chi connectivity index (χ2n) is 7.67. The highest BCUT2D eigenvalue weighted by Crippen LogP contribution is 2.35. The Morgan fingerprint density at radius 3 is 2.11 bits per heavy atom. The minimum Gasteiger partial charge on any atom is -0.286 e. The highest BCUT2D eigenvalue weighted by molar-refractivity contribution is 7.79. The van der Waals surface area contributed by atoms with E-state index in [1.54, 1.807) is 0 Å². The molecule has 4 rings (SSSR count). The summed E-state index contributed by atoms with van der Waals surface area (Å²) in [5, 5.41) is 4.47. The number of hydrazine groups is 2. The summed E-state index contributed by atoms with van der Waals surface area (Å²) in [5.41, 5.74) is 9.97. The van der Waals surface area contributed by atoms with Gasteiger partial charge in [-0.3, -0.25) is 10.0 Å². The minimum absolute atomic E-state index is 0.673. The van der Waals surface area contributed by atoms with Gasteiger partial charge in [0.2, 0.25) is 0 Å². The van der Waals surface area contributed by atoms with Crippen LogP contribution in [0.3, 0.4) is 0 Å². The Labute approximate surface area is 179 Å². The molecular formula is C23H29N3S2. The van der Waals surface area contributed by atoms with Gasteiger partial charge in [0.25, 0.3) is 0 Å². The van der Waals surface area contributed by atoms with Gasteiger partial charge in [-0.25, -0.2) is 0 Å². The molecule has 5 heteroatoms. The normalized spacial score (nSPS) is 18.3. The van der Waals surface area contributed by atoms with Crippen LogP contribution in [-0.2, 0) is 11.5 Å². The van der Waals surface area contributed by atoms with Crippen molar-refractivity contribution in [3.8, 4) is 0 Å². The number of hydrogen-bond donors (Lipinski definition) is 3. The van der Waals surface area contributed by atoms with E-state index in [2.05, 4.69) is 95.5 Å². The zero-order valence-corrected chi connectivity index (χ0v) is 18.0. The highest BCUT2D eigenvalue weighted by atomic mass is 32.1. The molecule has 0 radical (unpaired) electrons. The first kappa shape index (κ1) is 19.7. The summed E-state index contributed by atoms with van der Waals surface area (Å²) in [7, 11) is 0. The van der Waals surface area contributed by atoms with Crippen molar-refractivity contribution in [2.75, 3.05) is 16.6 Å². The van der Waals surface area contributed by atoms with Gasteiger partial charge < -0.3 is 0 Å². The van der Waals surface area contributed by atoms with Crippen LogP contribution in [-0.4, -0.2) is 6.54 Å². The van der Waals surface area contributed by atoms with Crippen LogP contribution in [0.4, 0.5) is 11.4 Å². The standard InChI is InChI=1S/C23H29N3S2/c27-16-19-10-4-6-12-22(19)25-14-21(18-8-2-1-3-9-18)15-26(24-25)23-13-7-5-11-20(23)17-28/h4-7,10-14,18,24,27-28H,1-3,8-9,15-17H2. The Balaban J connectivity index is 1.71. The summed E-state index contributed by atoms with van der Waals surface area (Å²) in [6, 6.07) is 17.0. The molecule has 0 spiro atoms. The topological polar surface area (TPSA) is 18.5 Å². The smallest absolute Gasteiger partial charge is 0.0629 e. The number of hydrogen-bond acceptors (Lipinski definition) is 5. The molecule has 0 atom stereocenters. The van der Waals surface area contributed by atoms with E-state index in [4.69, 9.17) is 0 Å². The van der Waals surface area contributed by atoms with Gasteiger partial charge in [0.15, 0.2) is 0 Å². The largest absolute Gasteiger partial charge is 0.286 e. The van der Waals surface area contributed by atoms with Crippen LogP contribution in [0.2, 0.25) is 0 Å². The maximum absolute atomic E-state index is 4.55. The molecule has 3 nitrogen and oxygen atoms in total. The maximum Gasteiger partial charge on any atom is 0.0629 e. The number of para-hydroxylation sites is 2. The molecule has 0 aromatic heterocycles. The third-order valence-electron chi connectivity index (χ3n) is 5.87. The Kier molecular flexibility index (Phi) is 6.55. The fourth-order valence-electron chi connectivity index (χ4n) is 4.34. The molecule has 2 aromatic carbocycles. The lowest BCUT2D eigenvalue weighted by molar-refractivity contribution is 0.389. The lowest BCUT2D eigenvalue weighted by Gasteiger charge is -2.41. The van der Waals surface area contributed by atoms with Gasteiger partial charge in [-0.05, 0) is 47.6 Å². The number of benzene rings is 2. The van der Waals surface area contributed by atoms with Gasteiger partial charge in [0.05, 0.1) is 17.9 Å². The minimum atomic E-state index is 0.673. The summed E-state index contributed by atoms with van der Waals surface area (Å²) < 4.78 is 0. The molecule has 1 heterocycles. The summed E-state index contributed by atoms with van der Waals surface area (Å²) in [5.74, 6) is 2.12. The van der Waals surface area contributed by atoms with Gasteiger partial charge >= 0.3 is 0 Å². The van der Waals surface area contributed by atoms with E-state index in [1.807, 2.05) is 0 Å². The number of anilines is 2. The first-order valence-electron chi connectivity index (χ1n) is 10.2. The van der Waals surface area contributed by atoms with Crippen molar-refractivity contribution in [3.63, 3.8) is 0 Å². The molecule has 28 heavy (non-hydrogen) atoms. The van der Waals surface area contributed by atoms with Gasteiger partial charge in [-0.1, -0.05) is 55.7 Å². The van der Waals surface area contributed by atoms with E-state index in [0.29, 0.717) is 11.7 Å². The molecule has 1 fully saturated rings. The molecule has 1 aliphatic carbocycles. The van der Waals surface area contributed by atoms with E-state index >= 15 is 0 Å². The second kappa shape index (κ2) is 9.29. The quantitative estimate of drug-likeness (QED) is 0.544. The predicted octanol–water partition coefficient (Wildman–Crippen LogP) is 5.76. The number of rotatable bonds is 5. The molecule has 1 saturated carbocycles. The van der Waals surface area contributed by atoms with Crippen LogP contribution in [0.15, 0.2) is 60.3 Å². The van der Waals surface area contributed by atoms with Crippen LogP contribution < -0.4 is 15.6 Å². The average Bonchev–Trinajstić information content (AvgIpc) is 2.79. The zero-order valence-electron chi connectivity index (χ0n) is 16.2. The zero-order chi connectivity index (χ0) is 19.3. The first-order valence-corrected chi connectivity index (χ1v) is 11.5. The Morgan fingerprint density at radius 2 is 1.43 bits per heavy atom. The molecule has 0 unspecified atom stereocenters.